The molecule has 7 nitrogen and oxygen atoms in total. The number of carbonyl (C=O) groups excluding carboxylic acids is 2. The molecule has 8 heteroatoms. The van der Waals surface area contributed by atoms with E-state index in [1.54, 1.807) is 24.3 Å². The summed E-state index contributed by atoms with van der Waals surface area (Å²) in [4.78, 5) is 24.2. The number of benzene rings is 2. The van der Waals surface area contributed by atoms with E-state index in [1.807, 2.05) is 48.9 Å². The van der Waals surface area contributed by atoms with E-state index in [0.29, 0.717) is 22.8 Å². The summed E-state index contributed by atoms with van der Waals surface area (Å²) >= 11 is 6.00. The summed E-state index contributed by atoms with van der Waals surface area (Å²) in [6, 6.07) is 16.1. The average molecular weight is 426 g/mol. The number of amides is 3. The molecule has 0 aliphatic carbocycles. The number of rotatable bonds is 7. The molecule has 3 amide bonds. The van der Waals surface area contributed by atoms with Crippen LogP contribution in [0.15, 0.2) is 54.6 Å². The van der Waals surface area contributed by atoms with Crippen molar-refractivity contribution >= 4 is 29.2 Å². The third-order valence-corrected chi connectivity index (χ3v) is 4.76. The lowest BCUT2D eigenvalue weighted by Crippen LogP contribution is -2.36. The average Bonchev–Trinajstić information content (AvgIpc) is 3.02. The highest BCUT2D eigenvalue weighted by atomic mass is 35.5. The Balaban J connectivity index is 1.45. The highest BCUT2D eigenvalue weighted by Gasteiger charge is 2.09. The molecule has 1 aromatic heterocycles. The van der Waals surface area contributed by atoms with Crippen LogP contribution < -0.4 is 16.0 Å². The first-order chi connectivity index (χ1) is 14.4. The second kappa shape index (κ2) is 9.93. The minimum absolute atomic E-state index is 0.278. The minimum atomic E-state index is -0.342. The molecule has 0 spiro atoms. The van der Waals surface area contributed by atoms with Crippen LogP contribution in [0.5, 0.6) is 0 Å². The topological polar surface area (TPSA) is 88.0 Å². The van der Waals surface area contributed by atoms with E-state index >= 15 is 0 Å². The predicted molar refractivity (Wildman–Crippen MR) is 118 cm³/mol. The molecule has 0 saturated carbocycles. The number of nitrogens with one attached hydrogen (secondary N) is 3. The molecular formula is C22H24ClN5O2. The Morgan fingerprint density at radius 3 is 2.50 bits per heavy atom. The van der Waals surface area contributed by atoms with Crippen LogP contribution in [-0.4, -0.2) is 34.8 Å². The van der Waals surface area contributed by atoms with E-state index in [9.17, 15) is 9.59 Å². The summed E-state index contributed by atoms with van der Waals surface area (Å²) in [5.41, 5.74) is 4.19. The van der Waals surface area contributed by atoms with Crippen molar-refractivity contribution in [1.82, 2.24) is 20.4 Å². The van der Waals surface area contributed by atoms with Crippen LogP contribution in [0.2, 0.25) is 5.02 Å². The zero-order chi connectivity index (χ0) is 21.5. The normalized spacial score (nSPS) is 10.5. The van der Waals surface area contributed by atoms with Crippen LogP contribution in [0.1, 0.15) is 27.3 Å². The highest BCUT2D eigenvalue weighted by molar-refractivity contribution is 6.33. The molecule has 3 aromatic rings. The number of aromatic nitrogens is 2. The molecule has 0 atom stereocenters. The molecular weight excluding hydrogens is 402 g/mol. The molecule has 0 bridgehead atoms. The lowest BCUT2D eigenvalue weighted by Gasteiger charge is -2.11. The summed E-state index contributed by atoms with van der Waals surface area (Å²) in [5.74, 6) is -0.278. The molecule has 156 valence electrons. The Hall–Kier alpha value is -3.32. The van der Waals surface area contributed by atoms with Gasteiger partial charge in [0.15, 0.2) is 0 Å². The fourth-order valence-corrected chi connectivity index (χ4v) is 3.24. The molecule has 0 radical (unpaired) electrons. The highest BCUT2D eigenvalue weighted by Crippen LogP contribution is 2.15. The lowest BCUT2D eigenvalue weighted by atomic mass is 10.2. The smallest absolute Gasteiger partial charge is 0.319 e. The molecule has 3 rings (SSSR count). The Morgan fingerprint density at radius 2 is 1.77 bits per heavy atom. The van der Waals surface area contributed by atoms with Gasteiger partial charge in [0.25, 0.3) is 5.91 Å². The summed E-state index contributed by atoms with van der Waals surface area (Å²) in [5, 5.41) is 13.1. The molecule has 0 saturated heterocycles. The van der Waals surface area contributed by atoms with E-state index in [0.717, 1.165) is 17.0 Å². The Kier molecular flexibility index (Phi) is 7.08. The standard InChI is InChI=1S/C22H24ClN5O2/c1-15-12-16(2)28(27-15)14-17-6-5-7-18(13-17)26-22(30)25-11-10-24-21(29)19-8-3-4-9-20(19)23/h3-9,12-13H,10-11,14H2,1-2H3,(H,24,29)(H2,25,26,30). The van der Waals surface area contributed by atoms with Crippen molar-refractivity contribution < 1.29 is 9.59 Å². The second-order valence-electron chi connectivity index (χ2n) is 6.90. The number of nitrogens with zero attached hydrogens (tertiary/aromatic N) is 2. The fourth-order valence-electron chi connectivity index (χ4n) is 3.02. The third-order valence-electron chi connectivity index (χ3n) is 4.44. The second-order valence-corrected chi connectivity index (χ2v) is 7.31. The number of hydrogen-bond donors (Lipinski definition) is 3. The molecule has 2 aromatic carbocycles. The van der Waals surface area contributed by atoms with Gasteiger partial charge in [0.05, 0.1) is 22.8 Å². The molecule has 3 N–H and O–H groups in total. The SMILES string of the molecule is Cc1cc(C)n(Cc2cccc(NC(=O)NCCNC(=O)c3ccccc3Cl)c2)n1. The molecule has 30 heavy (non-hydrogen) atoms. The maximum absolute atomic E-state index is 12.1. The fraction of sp³-hybridized carbons (Fsp3) is 0.227. The van der Waals surface area contributed by atoms with Gasteiger partial charge in [0.1, 0.15) is 0 Å². The van der Waals surface area contributed by atoms with Gasteiger partial charge in [-0.05, 0) is 49.7 Å². The third kappa shape index (κ3) is 5.84. The number of halogens is 1. The molecule has 0 aliphatic heterocycles. The number of carbonyl (C=O) groups is 2. The number of anilines is 1. The van der Waals surface area contributed by atoms with Crippen molar-refractivity contribution in [1.29, 1.82) is 0 Å². The predicted octanol–water partition coefficient (Wildman–Crippen LogP) is 3.75. The van der Waals surface area contributed by atoms with Crippen LogP contribution in [0.4, 0.5) is 10.5 Å². The first-order valence-electron chi connectivity index (χ1n) is 9.60. The molecule has 0 unspecified atom stereocenters. The largest absolute Gasteiger partial charge is 0.350 e. The van der Waals surface area contributed by atoms with E-state index in [2.05, 4.69) is 21.0 Å². The van der Waals surface area contributed by atoms with E-state index in [-0.39, 0.29) is 25.0 Å². The number of urea groups is 1. The van der Waals surface area contributed by atoms with Crippen molar-refractivity contribution in [3.05, 3.63) is 82.1 Å². The lowest BCUT2D eigenvalue weighted by molar-refractivity contribution is 0.0954. The maximum atomic E-state index is 12.1. The van der Waals surface area contributed by atoms with Gasteiger partial charge >= 0.3 is 6.03 Å². The van der Waals surface area contributed by atoms with Crippen molar-refractivity contribution in [3.8, 4) is 0 Å². The Labute approximate surface area is 180 Å². The van der Waals surface area contributed by atoms with Crippen LogP contribution in [0.25, 0.3) is 0 Å². The van der Waals surface area contributed by atoms with E-state index < -0.39 is 0 Å². The van der Waals surface area contributed by atoms with Gasteiger partial charge in [0, 0.05) is 24.5 Å². The Bertz CT molecular complexity index is 1050. The molecule has 0 aliphatic rings. The monoisotopic (exact) mass is 425 g/mol. The van der Waals surface area contributed by atoms with Gasteiger partial charge in [-0.25, -0.2) is 4.79 Å². The van der Waals surface area contributed by atoms with E-state index in [1.165, 1.54) is 0 Å². The Morgan fingerprint density at radius 1 is 1.00 bits per heavy atom. The zero-order valence-corrected chi connectivity index (χ0v) is 17.7. The zero-order valence-electron chi connectivity index (χ0n) is 16.9. The maximum Gasteiger partial charge on any atom is 0.319 e. The summed E-state index contributed by atoms with van der Waals surface area (Å²) < 4.78 is 1.93. The van der Waals surface area contributed by atoms with Crippen LogP contribution in [0, 0.1) is 13.8 Å². The van der Waals surface area contributed by atoms with Crippen molar-refractivity contribution in [2.24, 2.45) is 0 Å². The first kappa shape index (κ1) is 21.4. The number of hydrogen-bond acceptors (Lipinski definition) is 3. The molecule has 0 fully saturated rings. The minimum Gasteiger partial charge on any atom is -0.350 e. The van der Waals surface area contributed by atoms with Crippen LogP contribution in [-0.2, 0) is 6.54 Å². The summed E-state index contributed by atoms with van der Waals surface area (Å²) in [6.07, 6.45) is 0. The summed E-state index contributed by atoms with van der Waals surface area (Å²) in [6.45, 7) is 5.18. The molecule has 1 heterocycles. The summed E-state index contributed by atoms with van der Waals surface area (Å²) in [7, 11) is 0. The van der Waals surface area contributed by atoms with E-state index in [4.69, 9.17) is 11.6 Å². The van der Waals surface area contributed by atoms with Gasteiger partial charge in [-0.3, -0.25) is 9.48 Å². The van der Waals surface area contributed by atoms with Crippen LogP contribution >= 0.6 is 11.6 Å². The quantitative estimate of drug-likeness (QED) is 0.504. The first-order valence-corrected chi connectivity index (χ1v) is 9.98. The van der Waals surface area contributed by atoms with Gasteiger partial charge in [-0.1, -0.05) is 35.9 Å². The van der Waals surface area contributed by atoms with Crippen molar-refractivity contribution in [2.75, 3.05) is 18.4 Å². The number of aryl methyl sites for hydroxylation is 2. The van der Waals surface area contributed by atoms with Crippen LogP contribution in [0.3, 0.4) is 0 Å². The van der Waals surface area contributed by atoms with Crippen molar-refractivity contribution in [3.63, 3.8) is 0 Å². The van der Waals surface area contributed by atoms with Gasteiger partial charge < -0.3 is 16.0 Å². The van der Waals surface area contributed by atoms with Gasteiger partial charge in [-0.2, -0.15) is 5.10 Å². The van der Waals surface area contributed by atoms with Gasteiger partial charge in [0.2, 0.25) is 0 Å². The van der Waals surface area contributed by atoms with Crippen molar-refractivity contribution in [2.45, 2.75) is 20.4 Å². The van der Waals surface area contributed by atoms with Gasteiger partial charge in [-0.15, -0.1) is 0 Å².